The lowest BCUT2D eigenvalue weighted by Gasteiger charge is -2.26. The van der Waals surface area contributed by atoms with Crippen molar-refractivity contribution < 1.29 is 23.9 Å². The first-order valence-corrected chi connectivity index (χ1v) is 13.9. The number of hydrogen-bond donors (Lipinski definition) is 1. The van der Waals surface area contributed by atoms with Gasteiger partial charge in [0.05, 0.1) is 10.7 Å². The van der Waals surface area contributed by atoms with Gasteiger partial charge in [-0.15, -0.1) is 0 Å². The van der Waals surface area contributed by atoms with Crippen molar-refractivity contribution in [2.75, 3.05) is 4.90 Å². The average molecular weight is 652 g/mol. The van der Waals surface area contributed by atoms with E-state index in [-0.39, 0.29) is 17.9 Å². The molecule has 4 amide bonds. The van der Waals surface area contributed by atoms with E-state index >= 15 is 0 Å². The van der Waals surface area contributed by atoms with Crippen LogP contribution in [0.3, 0.4) is 0 Å². The maximum absolute atomic E-state index is 13.3. The van der Waals surface area contributed by atoms with Gasteiger partial charge in [0.2, 0.25) is 0 Å². The highest BCUT2D eigenvalue weighted by atomic mass is 79.9. The summed E-state index contributed by atoms with van der Waals surface area (Å²) in [6.45, 7) is 0.633. The summed E-state index contributed by atoms with van der Waals surface area (Å²) >= 11 is 15.7. The predicted molar refractivity (Wildman–Crippen MR) is 161 cm³/mol. The van der Waals surface area contributed by atoms with E-state index in [1.807, 2.05) is 36.4 Å². The number of barbiturate groups is 1. The van der Waals surface area contributed by atoms with Gasteiger partial charge in [0, 0.05) is 9.50 Å². The topological polar surface area (TPSA) is 84.9 Å². The first kappa shape index (κ1) is 28.4. The van der Waals surface area contributed by atoms with Gasteiger partial charge >= 0.3 is 6.03 Å². The fourth-order valence-electron chi connectivity index (χ4n) is 3.96. The number of anilines is 1. The van der Waals surface area contributed by atoms with Crippen LogP contribution >= 0.6 is 39.1 Å². The quantitative estimate of drug-likeness (QED) is 0.157. The second-order valence-electron chi connectivity index (χ2n) is 8.97. The Bertz CT molecular complexity index is 1640. The molecule has 0 radical (unpaired) electrons. The SMILES string of the molecule is O=C1NC(=O)N(c2ccc(OCc3ccc(Br)cc3)cc2)C(=O)/C1=C/c1ccc(OCc2ccc(Cl)cc2)c(Cl)c1. The van der Waals surface area contributed by atoms with Crippen LogP contribution in [0.1, 0.15) is 16.7 Å². The molecule has 1 heterocycles. The predicted octanol–water partition coefficient (Wildman–Crippen LogP) is 7.58. The van der Waals surface area contributed by atoms with E-state index in [4.69, 9.17) is 32.7 Å². The standard InChI is InChI=1S/C31H21BrCl2N2O5/c32-22-6-1-19(2-7-22)17-40-25-12-10-24(11-13-25)36-30(38)26(29(37)35-31(36)39)15-21-5-14-28(27(34)16-21)41-18-20-3-8-23(33)9-4-20/h1-16H,17-18H2,(H,35,37,39)/b26-15+. The summed E-state index contributed by atoms with van der Waals surface area (Å²) in [6.07, 6.45) is 1.38. The molecule has 4 aromatic carbocycles. The highest BCUT2D eigenvalue weighted by Gasteiger charge is 2.36. The van der Waals surface area contributed by atoms with E-state index in [9.17, 15) is 14.4 Å². The summed E-state index contributed by atoms with van der Waals surface area (Å²) < 4.78 is 12.6. The molecule has 5 rings (SSSR count). The number of hydrogen-bond acceptors (Lipinski definition) is 5. The summed E-state index contributed by atoms with van der Waals surface area (Å²) in [4.78, 5) is 39.4. The fourth-order valence-corrected chi connectivity index (χ4v) is 4.60. The Kier molecular flexibility index (Phi) is 8.73. The van der Waals surface area contributed by atoms with Gasteiger partial charge in [0.1, 0.15) is 30.3 Å². The average Bonchev–Trinajstić information content (AvgIpc) is 2.96. The zero-order valence-corrected chi connectivity index (χ0v) is 24.4. The fraction of sp³-hybridized carbons (Fsp3) is 0.0645. The summed E-state index contributed by atoms with van der Waals surface area (Å²) in [7, 11) is 0. The molecule has 0 spiro atoms. The van der Waals surface area contributed by atoms with Crippen LogP contribution in [-0.4, -0.2) is 17.8 Å². The molecule has 0 aromatic heterocycles. The maximum Gasteiger partial charge on any atom is 0.335 e. The molecule has 0 bridgehead atoms. The van der Waals surface area contributed by atoms with Crippen molar-refractivity contribution in [3.05, 3.63) is 128 Å². The highest BCUT2D eigenvalue weighted by Crippen LogP contribution is 2.29. The van der Waals surface area contributed by atoms with Crippen LogP contribution in [0.5, 0.6) is 11.5 Å². The van der Waals surface area contributed by atoms with Crippen molar-refractivity contribution in [3.63, 3.8) is 0 Å². The number of urea groups is 1. The van der Waals surface area contributed by atoms with E-state index in [1.54, 1.807) is 54.6 Å². The van der Waals surface area contributed by atoms with E-state index in [1.165, 1.54) is 6.08 Å². The number of halogens is 3. The van der Waals surface area contributed by atoms with Crippen LogP contribution in [0, 0.1) is 0 Å². The number of benzene rings is 4. The van der Waals surface area contributed by atoms with E-state index in [0.29, 0.717) is 33.7 Å². The molecule has 0 unspecified atom stereocenters. The normalized spacial score (nSPS) is 14.3. The van der Waals surface area contributed by atoms with E-state index in [0.717, 1.165) is 20.5 Å². The minimum atomic E-state index is -0.843. The van der Waals surface area contributed by atoms with Gasteiger partial charge in [0.15, 0.2) is 0 Å². The number of carbonyl (C=O) groups excluding carboxylic acids is 3. The van der Waals surface area contributed by atoms with Crippen molar-refractivity contribution in [3.8, 4) is 11.5 Å². The molecule has 1 aliphatic heterocycles. The molecule has 10 heteroatoms. The molecule has 0 saturated carbocycles. The van der Waals surface area contributed by atoms with Crippen LogP contribution < -0.4 is 19.7 Å². The molecule has 1 aliphatic rings. The van der Waals surface area contributed by atoms with Gasteiger partial charge in [-0.2, -0.15) is 0 Å². The lowest BCUT2D eigenvalue weighted by atomic mass is 10.1. The molecule has 1 saturated heterocycles. The third kappa shape index (κ3) is 6.97. The molecule has 1 fully saturated rings. The van der Waals surface area contributed by atoms with Crippen molar-refractivity contribution in [1.29, 1.82) is 0 Å². The minimum Gasteiger partial charge on any atom is -0.489 e. The van der Waals surface area contributed by atoms with E-state index < -0.39 is 17.8 Å². The molecular weight excluding hydrogens is 631 g/mol. The van der Waals surface area contributed by atoms with Gasteiger partial charge < -0.3 is 9.47 Å². The van der Waals surface area contributed by atoms with Gasteiger partial charge in [-0.1, -0.05) is 69.5 Å². The van der Waals surface area contributed by atoms with Crippen LogP contribution in [0.4, 0.5) is 10.5 Å². The van der Waals surface area contributed by atoms with Crippen LogP contribution in [0.2, 0.25) is 10.0 Å². The molecule has 41 heavy (non-hydrogen) atoms. The molecule has 4 aromatic rings. The van der Waals surface area contributed by atoms with Gasteiger partial charge in [-0.3, -0.25) is 14.9 Å². The number of amides is 4. The first-order chi connectivity index (χ1) is 19.8. The Morgan fingerprint density at radius 3 is 2.07 bits per heavy atom. The van der Waals surface area contributed by atoms with E-state index in [2.05, 4.69) is 21.2 Å². The minimum absolute atomic E-state index is 0.217. The Morgan fingerprint density at radius 1 is 0.780 bits per heavy atom. The van der Waals surface area contributed by atoms with Crippen molar-refractivity contribution in [1.82, 2.24) is 5.32 Å². The van der Waals surface area contributed by atoms with Crippen molar-refractivity contribution in [2.45, 2.75) is 13.2 Å². The maximum atomic E-state index is 13.3. The number of ether oxygens (including phenoxy) is 2. The van der Waals surface area contributed by atoms with Gasteiger partial charge in [-0.25, -0.2) is 9.69 Å². The summed E-state index contributed by atoms with van der Waals surface area (Å²) in [5.41, 5.74) is 2.45. The third-order valence-electron chi connectivity index (χ3n) is 6.09. The first-order valence-electron chi connectivity index (χ1n) is 12.3. The number of carbonyl (C=O) groups is 3. The van der Waals surface area contributed by atoms with Crippen LogP contribution in [-0.2, 0) is 22.8 Å². The smallest absolute Gasteiger partial charge is 0.335 e. The Hall–Kier alpha value is -4.11. The second kappa shape index (κ2) is 12.6. The molecular formula is C31H21BrCl2N2O5. The zero-order valence-electron chi connectivity index (χ0n) is 21.3. The zero-order chi connectivity index (χ0) is 28.9. The Labute approximate surface area is 254 Å². The number of nitrogens with zero attached hydrogens (tertiary/aromatic N) is 1. The summed E-state index contributed by atoms with van der Waals surface area (Å²) in [5.74, 6) is -0.574. The van der Waals surface area contributed by atoms with Gasteiger partial charge in [-0.05, 0) is 83.4 Å². The second-order valence-corrected chi connectivity index (χ2v) is 10.7. The summed E-state index contributed by atoms with van der Waals surface area (Å²) in [6, 6.07) is 25.4. The largest absolute Gasteiger partial charge is 0.489 e. The molecule has 1 N–H and O–H groups in total. The lowest BCUT2D eigenvalue weighted by molar-refractivity contribution is -0.122. The molecule has 0 aliphatic carbocycles. The Morgan fingerprint density at radius 2 is 1.41 bits per heavy atom. The molecule has 206 valence electrons. The highest BCUT2D eigenvalue weighted by molar-refractivity contribution is 9.10. The number of rotatable bonds is 8. The summed E-state index contributed by atoms with van der Waals surface area (Å²) in [5, 5.41) is 3.14. The lowest BCUT2D eigenvalue weighted by Crippen LogP contribution is -2.54. The number of imide groups is 2. The Balaban J connectivity index is 1.28. The van der Waals surface area contributed by atoms with Crippen molar-refractivity contribution >= 4 is 68.7 Å². The number of nitrogens with one attached hydrogen (secondary N) is 1. The van der Waals surface area contributed by atoms with Crippen molar-refractivity contribution in [2.24, 2.45) is 0 Å². The molecule has 7 nitrogen and oxygen atoms in total. The van der Waals surface area contributed by atoms with Gasteiger partial charge in [0.25, 0.3) is 11.8 Å². The third-order valence-corrected chi connectivity index (χ3v) is 7.17. The van der Waals surface area contributed by atoms with Crippen LogP contribution in [0.15, 0.2) is 101 Å². The van der Waals surface area contributed by atoms with Crippen LogP contribution in [0.25, 0.3) is 6.08 Å². The monoisotopic (exact) mass is 650 g/mol. The molecule has 0 atom stereocenters.